The van der Waals surface area contributed by atoms with Crippen LogP contribution in [0.25, 0.3) is 6.08 Å². The fourth-order valence-electron chi connectivity index (χ4n) is 3.37. The molecular weight excluding hydrogens is 284 g/mol. The molecule has 114 valence electrons. The fraction of sp³-hybridized carbons (Fsp3) is 0.562. The molecular formula is C16H22N2O2S. The molecule has 2 saturated heterocycles. The van der Waals surface area contributed by atoms with Gasteiger partial charge < -0.3 is 5.11 Å². The van der Waals surface area contributed by atoms with Crippen molar-refractivity contribution in [1.82, 2.24) is 9.80 Å². The molecule has 2 aliphatic rings. The Morgan fingerprint density at radius 1 is 1.33 bits per heavy atom. The van der Waals surface area contributed by atoms with Crippen molar-refractivity contribution in [2.24, 2.45) is 0 Å². The molecule has 2 aliphatic heterocycles. The Kier molecular flexibility index (Phi) is 4.73. The number of fused-ring (bicyclic) bond motifs is 1. The molecule has 3 rings (SSSR count). The molecule has 0 saturated carbocycles. The van der Waals surface area contributed by atoms with E-state index in [0.717, 1.165) is 17.5 Å². The molecule has 0 radical (unpaired) electrons. The molecule has 5 heteroatoms. The fourth-order valence-corrected chi connectivity index (χ4v) is 4.33. The van der Waals surface area contributed by atoms with E-state index >= 15 is 0 Å². The van der Waals surface area contributed by atoms with Crippen molar-refractivity contribution in [3.8, 4) is 0 Å². The van der Waals surface area contributed by atoms with Crippen LogP contribution in [0.15, 0.2) is 18.2 Å². The summed E-state index contributed by atoms with van der Waals surface area (Å²) in [6.07, 6.45) is 6.83. The zero-order chi connectivity index (χ0) is 14.7. The Hall–Kier alpha value is -1.17. The van der Waals surface area contributed by atoms with Crippen LogP contribution in [-0.4, -0.2) is 53.1 Å². The van der Waals surface area contributed by atoms with Gasteiger partial charge in [-0.1, -0.05) is 0 Å². The number of carboxylic acids is 1. The Labute approximate surface area is 129 Å². The lowest BCUT2D eigenvalue weighted by Gasteiger charge is -2.25. The van der Waals surface area contributed by atoms with Gasteiger partial charge in [0.1, 0.15) is 0 Å². The van der Waals surface area contributed by atoms with Crippen LogP contribution in [0.1, 0.15) is 29.0 Å². The van der Waals surface area contributed by atoms with Crippen LogP contribution in [0.5, 0.6) is 0 Å². The number of hydrogen-bond donors (Lipinski definition) is 1. The zero-order valence-corrected chi connectivity index (χ0v) is 13.0. The van der Waals surface area contributed by atoms with Crippen molar-refractivity contribution in [2.45, 2.75) is 31.8 Å². The first-order chi connectivity index (χ1) is 10.2. The topological polar surface area (TPSA) is 43.8 Å². The molecule has 0 spiro atoms. The Morgan fingerprint density at radius 3 is 3.05 bits per heavy atom. The number of aliphatic carboxylic acids is 1. The van der Waals surface area contributed by atoms with Crippen molar-refractivity contribution in [3.63, 3.8) is 0 Å². The lowest BCUT2D eigenvalue weighted by Crippen LogP contribution is -2.36. The molecule has 0 amide bonds. The van der Waals surface area contributed by atoms with Crippen LogP contribution in [0.4, 0.5) is 0 Å². The van der Waals surface area contributed by atoms with E-state index in [9.17, 15) is 4.79 Å². The van der Waals surface area contributed by atoms with Gasteiger partial charge in [-0.05, 0) is 57.1 Å². The number of nitrogens with zero attached hydrogens (tertiary/aromatic N) is 2. The van der Waals surface area contributed by atoms with Crippen molar-refractivity contribution >= 4 is 23.4 Å². The maximum Gasteiger partial charge on any atom is 0.328 e. The predicted octanol–water partition coefficient (Wildman–Crippen LogP) is 2.52. The van der Waals surface area contributed by atoms with Crippen LogP contribution in [0.3, 0.4) is 0 Å². The van der Waals surface area contributed by atoms with Crippen molar-refractivity contribution in [3.05, 3.63) is 28.0 Å². The summed E-state index contributed by atoms with van der Waals surface area (Å²) in [7, 11) is 0. The summed E-state index contributed by atoms with van der Waals surface area (Å²) in [5.74, 6) is -0.890. The average molecular weight is 306 g/mol. The normalized spacial score (nSPS) is 24.3. The minimum atomic E-state index is -0.890. The third-order valence-electron chi connectivity index (χ3n) is 4.34. The van der Waals surface area contributed by atoms with Gasteiger partial charge in [-0.2, -0.15) is 0 Å². The Morgan fingerprint density at radius 2 is 2.19 bits per heavy atom. The van der Waals surface area contributed by atoms with E-state index in [2.05, 4.69) is 15.9 Å². The summed E-state index contributed by atoms with van der Waals surface area (Å²) in [5.41, 5.74) is 0. The second-order valence-corrected chi connectivity index (χ2v) is 7.10. The van der Waals surface area contributed by atoms with E-state index in [0.29, 0.717) is 0 Å². The molecule has 1 atom stereocenters. The minimum Gasteiger partial charge on any atom is -0.478 e. The average Bonchev–Trinajstić information content (AvgIpc) is 3.03. The van der Waals surface area contributed by atoms with Crippen LogP contribution >= 0.6 is 11.3 Å². The molecule has 1 unspecified atom stereocenters. The van der Waals surface area contributed by atoms with E-state index in [-0.39, 0.29) is 0 Å². The van der Waals surface area contributed by atoms with Gasteiger partial charge in [0.25, 0.3) is 0 Å². The highest BCUT2D eigenvalue weighted by Gasteiger charge is 2.28. The van der Waals surface area contributed by atoms with Crippen LogP contribution in [-0.2, 0) is 11.3 Å². The van der Waals surface area contributed by atoms with Gasteiger partial charge in [0.2, 0.25) is 0 Å². The lowest BCUT2D eigenvalue weighted by atomic mass is 10.2. The second kappa shape index (κ2) is 6.73. The van der Waals surface area contributed by atoms with Crippen LogP contribution in [0, 0.1) is 0 Å². The summed E-state index contributed by atoms with van der Waals surface area (Å²) in [6, 6.07) is 4.89. The molecule has 1 N–H and O–H groups in total. The summed E-state index contributed by atoms with van der Waals surface area (Å²) < 4.78 is 0. The van der Waals surface area contributed by atoms with Gasteiger partial charge in [-0.15, -0.1) is 11.3 Å². The minimum absolute atomic E-state index is 0.749. The van der Waals surface area contributed by atoms with Crippen molar-refractivity contribution < 1.29 is 9.90 Å². The number of hydrogen-bond acceptors (Lipinski definition) is 4. The van der Waals surface area contributed by atoms with Gasteiger partial charge in [-0.3, -0.25) is 9.80 Å². The van der Waals surface area contributed by atoms with E-state index in [1.165, 1.54) is 56.4 Å². The van der Waals surface area contributed by atoms with E-state index in [4.69, 9.17) is 5.11 Å². The zero-order valence-electron chi connectivity index (χ0n) is 12.2. The quantitative estimate of drug-likeness (QED) is 0.868. The molecule has 0 aromatic carbocycles. The monoisotopic (exact) mass is 306 g/mol. The second-order valence-electron chi connectivity index (χ2n) is 5.90. The van der Waals surface area contributed by atoms with Crippen molar-refractivity contribution in [2.75, 3.05) is 26.2 Å². The third-order valence-corrected chi connectivity index (χ3v) is 5.37. The largest absolute Gasteiger partial charge is 0.478 e. The summed E-state index contributed by atoms with van der Waals surface area (Å²) in [5, 5.41) is 8.67. The van der Waals surface area contributed by atoms with E-state index < -0.39 is 5.97 Å². The maximum atomic E-state index is 10.5. The molecule has 21 heavy (non-hydrogen) atoms. The van der Waals surface area contributed by atoms with Crippen LogP contribution in [0.2, 0.25) is 0 Å². The first-order valence-corrected chi connectivity index (χ1v) is 8.48. The van der Waals surface area contributed by atoms with E-state index in [1.807, 2.05) is 6.07 Å². The van der Waals surface area contributed by atoms with Gasteiger partial charge in [-0.25, -0.2) is 4.79 Å². The smallest absolute Gasteiger partial charge is 0.328 e. The Balaban J connectivity index is 1.59. The van der Waals surface area contributed by atoms with Crippen molar-refractivity contribution in [1.29, 1.82) is 0 Å². The Bertz CT molecular complexity index is 526. The highest BCUT2D eigenvalue weighted by molar-refractivity contribution is 7.12. The third kappa shape index (κ3) is 3.93. The van der Waals surface area contributed by atoms with Gasteiger partial charge in [0, 0.05) is 35.0 Å². The van der Waals surface area contributed by atoms with E-state index in [1.54, 1.807) is 17.4 Å². The standard InChI is InChI=1S/C16H22N2O2S/c19-16(20)7-6-14-4-5-15(21-14)12-17-8-2-10-18-9-1-3-13(18)11-17/h4-7,13H,1-3,8-12H2,(H,19,20). The number of carbonyl (C=O) groups is 1. The molecule has 1 aromatic heterocycles. The van der Waals surface area contributed by atoms with Crippen LogP contribution < -0.4 is 0 Å². The molecule has 2 fully saturated rings. The first-order valence-electron chi connectivity index (χ1n) is 7.67. The summed E-state index contributed by atoms with van der Waals surface area (Å²) in [4.78, 5) is 18.1. The van der Waals surface area contributed by atoms with Gasteiger partial charge >= 0.3 is 5.97 Å². The SMILES string of the molecule is O=C(O)C=Cc1ccc(CN2CCCN3CCCC3C2)s1. The van der Waals surface area contributed by atoms with Gasteiger partial charge in [0.05, 0.1) is 0 Å². The number of carboxylic acid groups (broad SMARTS) is 1. The molecule has 0 bridgehead atoms. The number of rotatable bonds is 4. The molecule has 3 heterocycles. The highest BCUT2D eigenvalue weighted by Crippen LogP contribution is 2.24. The maximum absolute atomic E-state index is 10.5. The summed E-state index contributed by atoms with van der Waals surface area (Å²) in [6.45, 7) is 5.87. The first kappa shape index (κ1) is 14.8. The number of thiophene rings is 1. The highest BCUT2D eigenvalue weighted by atomic mass is 32.1. The van der Waals surface area contributed by atoms with Gasteiger partial charge in [0.15, 0.2) is 0 Å². The molecule has 4 nitrogen and oxygen atoms in total. The summed E-state index contributed by atoms with van der Waals surface area (Å²) >= 11 is 1.70. The molecule has 0 aliphatic carbocycles. The predicted molar refractivity (Wildman–Crippen MR) is 85.5 cm³/mol. The lowest BCUT2D eigenvalue weighted by molar-refractivity contribution is -0.131. The molecule has 1 aromatic rings.